The standard InChI is InChI=1S/C20H34N4O3/c1-16(2)12-22(4)8-5-9-24-15-20(27-19(24)25)6-10-23(11-7-20)13-18-14-26-17(3)21-18/h14,16H,5-13,15H2,1-4H3. The summed E-state index contributed by atoms with van der Waals surface area (Å²) >= 11 is 0. The molecule has 2 aliphatic heterocycles. The van der Waals surface area contributed by atoms with Gasteiger partial charge in [-0.15, -0.1) is 0 Å². The normalized spacial score (nSPS) is 20.2. The van der Waals surface area contributed by atoms with Gasteiger partial charge < -0.3 is 19.0 Å². The Balaban J connectivity index is 1.42. The Morgan fingerprint density at radius 1 is 1.33 bits per heavy atom. The van der Waals surface area contributed by atoms with Crippen molar-refractivity contribution in [2.24, 2.45) is 5.92 Å². The third-order valence-corrected chi connectivity index (χ3v) is 5.51. The van der Waals surface area contributed by atoms with Crippen LogP contribution in [0.2, 0.25) is 0 Å². The second-order valence-electron chi connectivity index (χ2n) is 8.62. The number of aryl methyl sites for hydroxylation is 1. The average molecular weight is 379 g/mol. The van der Waals surface area contributed by atoms with Crippen LogP contribution in [0.3, 0.4) is 0 Å². The van der Waals surface area contributed by atoms with Gasteiger partial charge in [-0.2, -0.15) is 0 Å². The third-order valence-electron chi connectivity index (χ3n) is 5.51. The van der Waals surface area contributed by atoms with E-state index in [9.17, 15) is 4.79 Å². The second kappa shape index (κ2) is 8.61. The fourth-order valence-corrected chi connectivity index (χ4v) is 4.20. The van der Waals surface area contributed by atoms with E-state index in [-0.39, 0.29) is 11.7 Å². The number of oxazole rings is 1. The van der Waals surface area contributed by atoms with Crippen LogP contribution in [-0.2, 0) is 11.3 Å². The fourth-order valence-electron chi connectivity index (χ4n) is 4.20. The molecule has 7 nitrogen and oxygen atoms in total. The Morgan fingerprint density at radius 3 is 2.70 bits per heavy atom. The van der Waals surface area contributed by atoms with Gasteiger partial charge in [0.25, 0.3) is 0 Å². The molecule has 1 aromatic rings. The molecule has 3 rings (SSSR count). The van der Waals surface area contributed by atoms with Crippen molar-refractivity contribution < 1.29 is 13.9 Å². The molecule has 0 N–H and O–H groups in total. The van der Waals surface area contributed by atoms with Gasteiger partial charge in [0.2, 0.25) is 0 Å². The molecule has 7 heteroatoms. The van der Waals surface area contributed by atoms with E-state index in [0.717, 1.165) is 70.8 Å². The van der Waals surface area contributed by atoms with Crippen LogP contribution in [0, 0.1) is 12.8 Å². The van der Waals surface area contributed by atoms with Crippen molar-refractivity contribution in [2.75, 3.05) is 46.3 Å². The quantitative estimate of drug-likeness (QED) is 0.693. The molecule has 0 atom stereocenters. The van der Waals surface area contributed by atoms with Crippen molar-refractivity contribution in [2.45, 2.75) is 52.2 Å². The number of likely N-dealkylation sites (tertiary alicyclic amines) is 1. The van der Waals surface area contributed by atoms with Crippen LogP contribution in [0.25, 0.3) is 0 Å². The van der Waals surface area contributed by atoms with Crippen LogP contribution in [0.5, 0.6) is 0 Å². The highest BCUT2D eigenvalue weighted by atomic mass is 16.6. The highest BCUT2D eigenvalue weighted by Gasteiger charge is 2.46. The zero-order valence-corrected chi connectivity index (χ0v) is 17.2. The molecule has 3 heterocycles. The number of piperidine rings is 1. The largest absolute Gasteiger partial charge is 0.449 e. The molecular weight excluding hydrogens is 344 g/mol. The van der Waals surface area contributed by atoms with Crippen LogP contribution in [-0.4, -0.2) is 77.7 Å². The molecule has 1 amide bonds. The molecule has 2 fully saturated rings. The van der Waals surface area contributed by atoms with E-state index in [0.29, 0.717) is 11.8 Å². The maximum Gasteiger partial charge on any atom is 0.410 e. The topological polar surface area (TPSA) is 62.1 Å². The van der Waals surface area contributed by atoms with Gasteiger partial charge in [0.15, 0.2) is 5.89 Å². The average Bonchev–Trinajstić information content (AvgIpc) is 3.13. The monoisotopic (exact) mass is 378 g/mol. The number of carbonyl (C=O) groups excluding carboxylic acids is 1. The van der Waals surface area contributed by atoms with Crippen LogP contribution >= 0.6 is 0 Å². The molecule has 0 unspecified atom stereocenters. The number of ether oxygens (including phenoxy) is 1. The van der Waals surface area contributed by atoms with Gasteiger partial charge in [0.05, 0.1) is 12.2 Å². The first-order valence-electron chi connectivity index (χ1n) is 10.1. The lowest BCUT2D eigenvalue weighted by atomic mass is 9.91. The van der Waals surface area contributed by atoms with Gasteiger partial charge in [-0.25, -0.2) is 9.78 Å². The lowest BCUT2D eigenvalue weighted by Crippen LogP contribution is -2.46. The van der Waals surface area contributed by atoms with E-state index in [1.807, 2.05) is 11.8 Å². The summed E-state index contributed by atoms with van der Waals surface area (Å²) in [5.74, 6) is 1.37. The van der Waals surface area contributed by atoms with Crippen LogP contribution in [0.1, 0.15) is 44.7 Å². The number of amides is 1. The summed E-state index contributed by atoms with van der Waals surface area (Å²) in [7, 11) is 2.15. The summed E-state index contributed by atoms with van der Waals surface area (Å²) in [4.78, 5) is 23.3. The molecule has 1 aromatic heterocycles. The molecule has 2 aliphatic rings. The zero-order chi connectivity index (χ0) is 19.4. The maximum atomic E-state index is 12.3. The minimum Gasteiger partial charge on any atom is -0.449 e. The number of aromatic nitrogens is 1. The maximum absolute atomic E-state index is 12.3. The number of rotatable bonds is 8. The van der Waals surface area contributed by atoms with Crippen LogP contribution < -0.4 is 0 Å². The van der Waals surface area contributed by atoms with Crippen LogP contribution in [0.15, 0.2) is 10.7 Å². The Hall–Kier alpha value is -1.60. The Labute approximate surface area is 162 Å². The van der Waals surface area contributed by atoms with Crippen LogP contribution in [0.4, 0.5) is 4.79 Å². The third kappa shape index (κ3) is 5.45. The molecule has 0 aliphatic carbocycles. The fraction of sp³-hybridized carbons (Fsp3) is 0.800. The summed E-state index contributed by atoms with van der Waals surface area (Å²) in [6, 6.07) is 0. The first-order chi connectivity index (χ1) is 12.8. The molecule has 152 valence electrons. The summed E-state index contributed by atoms with van der Waals surface area (Å²) in [5, 5.41) is 0. The first-order valence-corrected chi connectivity index (χ1v) is 10.1. The predicted molar refractivity (Wildman–Crippen MR) is 103 cm³/mol. The molecule has 1 spiro atoms. The number of carbonyl (C=O) groups is 1. The molecule has 0 bridgehead atoms. The summed E-state index contributed by atoms with van der Waals surface area (Å²) in [6.07, 6.45) is 4.36. The van der Waals surface area contributed by atoms with Crippen molar-refractivity contribution in [3.8, 4) is 0 Å². The van der Waals surface area contributed by atoms with Crippen molar-refractivity contribution in [1.29, 1.82) is 0 Å². The molecule has 0 aromatic carbocycles. The van der Waals surface area contributed by atoms with Gasteiger partial charge in [0.1, 0.15) is 11.9 Å². The zero-order valence-electron chi connectivity index (χ0n) is 17.2. The van der Waals surface area contributed by atoms with E-state index < -0.39 is 0 Å². The Kier molecular flexibility index (Phi) is 6.42. The molecule has 0 saturated carbocycles. The van der Waals surface area contributed by atoms with Crippen molar-refractivity contribution >= 4 is 6.09 Å². The smallest absolute Gasteiger partial charge is 0.410 e. The van der Waals surface area contributed by atoms with Gasteiger partial charge in [-0.05, 0) is 25.9 Å². The molecular formula is C20H34N4O3. The van der Waals surface area contributed by atoms with Gasteiger partial charge in [0, 0.05) is 52.5 Å². The van der Waals surface area contributed by atoms with Gasteiger partial charge in [-0.3, -0.25) is 4.90 Å². The molecule has 0 radical (unpaired) electrons. The summed E-state index contributed by atoms with van der Waals surface area (Å²) in [6.45, 7) is 12.6. The Morgan fingerprint density at radius 2 is 2.07 bits per heavy atom. The van der Waals surface area contributed by atoms with Crippen molar-refractivity contribution in [3.63, 3.8) is 0 Å². The number of hydrogen-bond donors (Lipinski definition) is 0. The SMILES string of the molecule is Cc1nc(CN2CCC3(CC2)CN(CCCN(C)CC(C)C)C(=O)O3)co1. The highest BCUT2D eigenvalue weighted by molar-refractivity contribution is 5.70. The number of hydrogen-bond acceptors (Lipinski definition) is 6. The second-order valence-corrected chi connectivity index (χ2v) is 8.62. The summed E-state index contributed by atoms with van der Waals surface area (Å²) in [5.41, 5.74) is 0.677. The lowest BCUT2D eigenvalue weighted by molar-refractivity contribution is -0.00151. The lowest BCUT2D eigenvalue weighted by Gasteiger charge is -2.37. The van der Waals surface area contributed by atoms with E-state index >= 15 is 0 Å². The van der Waals surface area contributed by atoms with E-state index in [1.54, 1.807) is 6.26 Å². The molecule has 2 saturated heterocycles. The molecule has 27 heavy (non-hydrogen) atoms. The first kappa shape index (κ1) is 20.1. The van der Waals surface area contributed by atoms with Gasteiger partial charge >= 0.3 is 6.09 Å². The predicted octanol–water partition coefficient (Wildman–Crippen LogP) is 2.75. The highest BCUT2D eigenvalue weighted by Crippen LogP contribution is 2.33. The Bertz CT molecular complexity index is 622. The minimum absolute atomic E-state index is 0.137. The van der Waals surface area contributed by atoms with E-state index in [4.69, 9.17) is 9.15 Å². The van der Waals surface area contributed by atoms with Crippen molar-refractivity contribution in [1.82, 2.24) is 19.7 Å². The van der Waals surface area contributed by atoms with Gasteiger partial charge in [-0.1, -0.05) is 13.8 Å². The summed E-state index contributed by atoms with van der Waals surface area (Å²) < 4.78 is 11.1. The number of nitrogens with zero attached hydrogens (tertiary/aromatic N) is 4. The van der Waals surface area contributed by atoms with E-state index in [2.05, 4.69) is 35.7 Å². The minimum atomic E-state index is -0.294. The van der Waals surface area contributed by atoms with E-state index in [1.165, 1.54) is 0 Å². The van der Waals surface area contributed by atoms with Crippen molar-refractivity contribution in [3.05, 3.63) is 17.8 Å².